The number of allylic oxidation sites excluding steroid dienone is 2. The third-order valence-electron chi connectivity index (χ3n) is 3.12. The highest BCUT2D eigenvalue weighted by molar-refractivity contribution is 5.81. The highest BCUT2D eigenvalue weighted by Crippen LogP contribution is 2.21. The summed E-state index contributed by atoms with van der Waals surface area (Å²) in [7, 11) is 0. The fourth-order valence-corrected chi connectivity index (χ4v) is 2.01. The van der Waals surface area contributed by atoms with Crippen molar-refractivity contribution >= 4 is 11.9 Å². The summed E-state index contributed by atoms with van der Waals surface area (Å²) in [5.74, 6) is 0.833. The van der Waals surface area contributed by atoms with Crippen LogP contribution in [0.1, 0.15) is 24.5 Å². The lowest BCUT2D eigenvalue weighted by Crippen LogP contribution is -1.95. The zero-order valence-electron chi connectivity index (χ0n) is 11.6. The molecule has 0 saturated carbocycles. The Labute approximate surface area is 119 Å². The van der Waals surface area contributed by atoms with E-state index in [2.05, 4.69) is 0 Å². The van der Waals surface area contributed by atoms with Gasteiger partial charge in [-0.2, -0.15) is 0 Å². The number of benzene rings is 2. The average Bonchev–Trinajstić information content (AvgIpc) is 2.52. The van der Waals surface area contributed by atoms with E-state index >= 15 is 0 Å². The van der Waals surface area contributed by atoms with Gasteiger partial charge in [0.25, 0.3) is 0 Å². The summed E-state index contributed by atoms with van der Waals surface area (Å²) in [6.45, 7) is 2.60. The Morgan fingerprint density at radius 3 is 2.35 bits per heavy atom. The normalized spacial score (nSPS) is 11.2. The Morgan fingerprint density at radius 1 is 1.05 bits per heavy atom. The first kappa shape index (κ1) is 14.1. The van der Waals surface area contributed by atoms with Gasteiger partial charge in [0.1, 0.15) is 18.6 Å². The highest BCUT2D eigenvalue weighted by Gasteiger charge is 2.00. The zero-order chi connectivity index (χ0) is 14.2. The summed E-state index contributed by atoms with van der Waals surface area (Å²) in [4.78, 5) is 10.6. The summed E-state index contributed by atoms with van der Waals surface area (Å²) in [5.41, 5.74) is 3.24. The molecule has 2 aromatic carbocycles. The van der Waals surface area contributed by atoms with Gasteiger partial charge in [0, 0.05) is 0 Å². The Morgan fingerprint density at radius 2 is 1.75 bits per heavy atom. The van der Waals surface area contributed by atoms with Gasteiger partial charge in [-0.15, -0.1) is 0 Å². The Kier molecular flexibility index (Phi) is 5.13. The van der Waals surface area contributed by atoms with Crippen molar-refractivity contribution in [1.82, 2.24) is 0 Å². The number of ether oxygens (including phenoxy) is 1. The minimum atomic E-state index is 0.561. The number of hydrogen-bond acceptors (Lipinski definition) is 2. The molecule has 0 aliphatic carbocycles. The van der Waals surface area contributed by atoms with Crippen LogP contribution in [0.15, 0.2) is 60.7 Å². The maximum absolute atomic E-state index is 10.6. The molecule has 20 heavy (non-hydrogen) atoms. The predicted molar refractivity (Wildman–Crippen MR) is 81.5 cm³/mol. The van der Waals surface area contributed by atoms with Crippen molar-refractivity contribution in [2.45, 2.75) is 20.0 Å². The number of hydrogen-bond donors (Lipinski definition) is 0. The van der Waals surface area contributed by atoms with E-state index in [0.29, 0.717) is 6.61 Å². The fourth-order valence-electron chi connectivity index (χ4n) is 2.01. The van der Waals surface area contributed by atoms with Crippen molar-refractivity contribution in [3.05, 3.63) is 71.8 Å². The minimum absolute atomic E-state index is 0.561. The molecule has 0 radical (unpaired) electrons. The smallest absolute Gasteiger partial charge is 0.143 e. The van der Waals surface area contributed by atoms with E-state index in [1.54, 1.807) is 6.08 Å². The highest BCUT2D eigenvalue weighted by atomic mass is 16.5. The lowest BCUT2D eigenvalue weighted by molar-refractivity contribution is -0.104. The number of aldehydes is 1. The monoisotopic (exact) mass is 266 g/mol. The second kappa shape index (κ2) is 7.29. The van der Waals surface area contributed by atoms with E-state index in [1.165, 1.54) is 0 Å². The second-order valence-corrected chi connectivity index (χ2v) is 4.48. The first-order valence-corrected chi connectivity index (χ1v) is 6.75. The lowest BCUT2D eigenvalue weighted by Gasteiger charge is -2.08. The first-order valence-electron chi connectivity index (χ1n) is 6.75. The van der Waals surface area contributed by atoms with Gasteiger partial charge in [0.2, 0.25) is 0 Å². The molecule has 0 N–H and O–H groups in total. The van der Waals surface area contributed by atoms with Crippen LogP contribution in [0.4, 0.5) is 0 Å². The van der Waals surface area contributed by atoms with Crippen LogP contribution in [0.25, 0.3) is 5.57 Å². The van der Waals surface area contributed by atoms with E-state index in [4.69, 9.17) is 4.74 Å². The zero-order valence-corrected chi connectivity index (χ0v) is 11.6. The van der Waals surface area contributed by atoms with Crippen LogP contribution < -0.4 is 4.74 Å². The molecule has 2 rings (SSSR count). The van der Waals surface area contributed by atoms with Crippen molar-refractivity contribution in [3.8, 4) is 5.75 Å². The van der Waals surface area contributed by atoms with Gasteiger partial charge < -0.3 is 4.74 Å². The summed E-state index contributed by atoms with van der Waals surface area (Å²) in [6.07, 6.45) is 3.28. The molecule has 0 aromatic heterocycles. The molecule has 102 valence electrons. The quantitative estimate of drug-likeness (QED) is 0.577. The molecule has 2 nitrogen and oxygen atoms in total. The molecule has 0 atom stereocenters. The fraction of sp³-hybridized carbons (Fsp3) is 0.167. The Hall–Kier alpha value is -2.35. The Bertz CT molecular complexity index is 568. The van der Waals surface area contributed by atoms with Crippen LogP contribution in [0, 0.1) is 0 Å². The van der Waals surface area contributed by atoms with E-state index in [0.717, 1.165) is 35.2 Å². The second-order valence-electron chi connectivity index (χ2n) is 4.48. The molecule has 0 aliphatic heterocycles. The molecule has 0 unspecified atom stereocenters. The molecule has 0 heterocycles. The number of carbonyl (C=O) groups is 1. The third-order valence-corrected chi connectivity index (χ3v) is 3.12. The molecular formula is C18H18O2. The van der Waals surface area contributed by atoms with Crippen LogP contribution in [-0.2, 0) is 11.4 Å². The summed E-state index contributed by atoms with van der Waals surface area (Å²) < 4.78 is 5.73. The van der Waals surface area contributed by atoms with Crippen molar-refractivity contribution in [3.63, 3.8) is 0 Å². The topological polar surface area (TPSA) is 26.3 Å². The van der Waals surface area contributed by atoms with Crippen molar-refractivity contribution < 1.29 is 9.53 Å². The summed E-state index contributed by atoms with van der Waals surface area (Å²) in [5, 5.41) is 0. The Balaban J connectivity index is 2.01. The third kappa shape index (κ3) is 3.82. The largest absolute Gasteiger partial charge is 0.489 e. The maximum Gasteiger partial charge on any atom is 0.143 e. The van der Waals surface area contributed by atoms with Crippen LogP contribution in [0.2, 0.25) is 0 Å². The molecule has 0 aliphatic rings. The number of rotatable bonds is 6. The molecule has 0 fully saturated rings. The SMILES string of the molecule is CC/C(=C\C=O)c1ccc(OCc2ccccc2)cc1. The van der Waals surface area contributed by atoms with Crippen LogP contribution in [0.5, 0.6) is 5.75 Å². The first-order chi connectivity index (χ1) is 9.83. The molecule has 0 saturated heterocycles. The minimum Gasteiger partial charge on any atom is -0.489 e. The number of carbonyl (C=O) groups excluding carboxylic acids is 1. The van der Waals surface area contributed by atoms with Gasteiger partial charge >= 0.3 is 0 Å². The van der Waals surface area contributed by atoms with Crippen LogP contribution >= 0.6 is 0 Å². The predicted octanol–water partition coefficient (Wildman–Crippen LogP) is 4.26. The van der Waals surface area contributed by atoms with Gasteiger partial charge in [-0.1, -0.05) is 49.4 Å². The van der Waals surface area contributed by atoms with Crippen molar-refractivity contribution in [1.29, 1.82) is 0 Å². The van der Waals surface area contributed by atoms with E-state index < -0.39 is 0 Å². The lowest BCUT2D eigenvalue weighted by atomic mass is 10.0. The van der Waals surface area contributed by atoms with Gasteiger partial charge in [0.15, 0.2) is 0 Å². The van der Waals surface area contributed by atoms with Gasteiger partial charge in [-0.25, -0.2) is 0 Å². The summed E-state index contributed by atoms with van der Waals surface area (Å²) >= 11 is 0. The van der Waals surface area contributed by atoms with Crippen molar-refractivity contribution in [2.75, 3.05) is 0 Å². The van der Waals surface area contributed by atoms with E-state index in [-0.39, 0.29) is 0 Å². The van der Waals surface area contributed by atoms with Crippen molar-refractivity contribution in [2.24, 2.45) is 0 Å². The molecule has 0 amide bonds. The average molecular weight is 266 g/mol. The van der Waals surface area contributed by atoms with Gasteiger partial charge in [-0.05, 0) is 41.3 Å². The van der Waals surface area contributed by atoms with Crippen LogP contribution in [-0.4, -0.2) is 6.29 Å². The van der Waals surface area contributed by atoms with E-state index in [9.17, 15) is 4.79 Å². The standard InChI is InChI=1S/C18H18O2/c1-2-16(12-13-19)17-8-10-18(11-9-17)20-14-15-6-4-3-5-7-15/h3-13H,2,14H2,1H3/b16-12+. The summed E-state index contributed by atoms with van der Waals surface area (Å²) in [6, 6.07) is 17.9. The molecular weight excluding hydrogens is 248 g/mol. The molecule has 0 bridgehead atoms. The van der Waals surface area contributed by atoms with E-state index in [1.807, 2.05) is 61.5 Å². The van der Waals surface area contributed by atoms with Gasteiger partial charge in [-0.3, -0.25) is 4.79 Å². The van der Waals surface area contributed by atoms with Crippen LogP contribution in [0.3, 0.4) is 0 Å². The maximum atomic E-state index is 10.6. The molecule has 0 spiro atoms. The molecule has 2 aromatic rings. The van der Waals surface area contributed by atoms with Gasteiger partial charge in [0.05, 0.1) is 0 Å². The molecule has 2 heteroatoms.